The van der Waals surface area contributed by atoms with Gasteiger partial charge in [-0.05, 0) is 30.3 Å². The van der Waals surface area contributed by atoms with E-state index in [-0.39, 0.29) is 18.0 Å². The number of hydrogen-bond acceptors (Lipinski definition) is 4. The summed E-state index contributed by atoms with van der Waals surface area (Å²) in [5, 5.41) is 0.989. The van der Waals surface area contributed by atoms with Crippen LogP contribution in [0.3, 0.4) is 0 Å². The summed E-state index contributed by atoms with van der Waals surface area (Å²) in [5.41, 5.74) is 1.47. The van der Waals surface area contributed by atoms with E-state index in [4.69, 9.17) is 11.6 Å². The van der Waals surface area contributed by atoms with E-state index in [0.717, 1.165) is 13.1 Å². The molecule has 27 heavy (non-hydrogen) atoms. The van der Waals surface area contributed by atoms with Gasteiger partial charge in [-0.3, -0.25) is 14.2 Å². The van der Waals surface area contributed by atoms with E-state index in [9.17, 15) is 9.59 Å². The number of piperazine rings is 1. The third-order valence-corrected chi connectivity index (χ3v) is 5.08. The van der Waals surface area contributed by atoms with Gasteiger partial charge in [0, 0.05) is 36.9 Å². The van der Waals surface area contributed by atoms with Gasteiger partial charge in [-0.1, -0.05) is 29.8 Å². The number of benzene rings is 2. The van der Waals surface area contributed by atoms with Crippen LogP contribution in [-0.4, -0.2) is 46.5 Å². The third-order valence-electron chi connectivity index (χ3n) is 4.85. The van der Waals surface area contributed by atoms with Crippen molar-refractivity contribution in [1.82, 2.24) is 14.5 Å². The molecule has 0 spiro atoms. The molecule has 1 saturated heterocycles. The highest BCUT2D eigenvalue weighted by atomic mass is 35.5. The van der Waals surface area contributed by atoms with Crippen molar-refractivity contribution in [3.63, 3.8) is 0 Å². The van der Waals surface area contributed by atoms with Gasteiger partial charge < -0.3 is 9.80 Å². The number of nitrogens with zero attached hydrogens (tertiary/aromatic N) is 4. The molecular formula is C20H19ClN4O2. The predicted molar refractivity (Wildman–Crippen MR) is 106 cm³/mol. The number of para-hydroxylation sites is 1. The van der Waals surface area contributed by atoms with Gasteiger partial charge in [0.25, 0.3) is 5.56 Å². The molecule has 0 atom stereocenters. The number of rotatable bonds is 3. The summed E-state index contributed by atoms with van der Waals surface area (Å²) in [5.74, 6) is -0.0695. The van der Waals surface area contributed by atoms with Gasteiger partial charge in [0.1, 0.15) is 6.54 Å². The maximum absolute atomic E-state index is 12.7. The molecule has 7 heteroatoms. The molecule has 0 saturated carbocycles. The lowest BCUT2D eigenvalue weighted by atomic mass is 10.2. The molecule has 0 N–H and O–H groups in total. The molecule has 1 fully saturated rings. The molecule has 1 aliphatic rings. The van der Waals surface area contributed by atoms with Gasteiger partial charge >= 0.3 is 0 Å². The molecule has 1 aliphatic heterocycles. The second kappa shape index (κ2) is 7.40. The van der Waals surface area contributed by atoms with Crippen LogP contribution in [0.4, 0.5) is 5.69 Å². The standard InChI is InChI=1S/C20H19ClN4O2/c21-15-6-7-17-18(12-15)22-14-25(20(17)27)13-19(26)24-10-8-23(9-11-24)16-4-2-1-3-5-16/h1-7,12,14H,8-11,13H2. The second-order valence-electron chi connectivity index (χ2n) is 6.54. The fourth-order valence-corrected chi connectivity index (χ4v) is 3.51. The average Bonchev–Trinajstić information content (AvgIpc) is 2.71. The van der Waals surface area contributed by atoms with E-state index in [1.807, 2.05) is 18.2 Å². The number of halogens is 1. The molecule has 2 aromatic carbocycles. The molecule has 6 nitrogen and oxygen atoms in total. The Morgan fingerprint density at radius 2 is 1.78 bits per heavy atom. The van der Waals surface area contributed by atoms with Crippen LogP contribution in [0.25, 0.3) is 10.9 Å². The van der Waals surface area contributed by atoms with E-state index in [1.54, 1.807) is 23.1 Å². The Kier molecular flexibility index (Phi) is 4.81. The van der Waals surface area contributed by atoms with Crippen molar-refractivity contribution in [2.45, 2.75) is 6.54 Å². The highest BCUT2D eigenvalue weighted by molar-refractivity contribution is 6.31. The Balaban J connectivity index is 1.44. The van der Waals surface area contributed by atoms with Gasteiger partial charge in [0.05, 0.1) is 17.2 Å². The minimum Gasteiger partial charge on any atom is -0.368 e. The molecule has 2 heterocycles. The van der Waals surface area contributed by atoms with Crippen molar-refractivity contribution in [3.8, 4) is 0 Å². The number of aromatic nitrogens is 2. The van der Waals surface area contributed by atoms with E-state index >= 15 is 0 Å². The summed E-state index contributed by atoms with van der Waals surface area (Å²) in [4.78, 5) is 33.6. The lowest BCUT2D eigenvalue weighted by molar-refractivity contribution is -0.132. The Bertz CT molecular complexity index is 1030. The first-order valence-corrected chi connectivity index (χ1v) is 9.22. The van der Waals surface area contributed by atoms with Gasteiger partial charge in [-0.25, -0.2) is 4.98 Å². The molecule has 0 aliphatic carbocycles. The van der Waals surface area contributed by atoms with Gasteiger partial charge in [-0.2, -0.15) is 0 Å². The first kappa shape index (κ1) is 17.5. The van der Waals surface area contributed by atoms with Gasteiger partial charge in [0.15, 0.2) is 0 Å². The van der Waals surface area contributed by atoms with Crippen LogP contribution in [0.15, 0.2) is 59.7 Å². The lowest BCUT2D eigenvalue weighted by Gasteiger charge is -2.36. The summed E-state index contributed by atoms with van der Waals surface area (Å²) in [6, 6.07) is 15.1. The van der Waals surface area contributed by atoms with Gasteiger partial charge in [-0.15, -0.1) is 0 Å². The Morgan fingerprint density at radius 3 is 2.52 bits per heavy atom. The van der Waals surface area contributed by atoms with Crippen LogP contribution in [0.5, 0.6) is 0 Å². The van der Waals surface area contributed by atoms with E-state index in [0.29, 0.717) is 29.0 Å². The van der Waals surface area contributed by atoms with Crippen LogP contribution in [0.1, 0.15) is 0 Å². The van der Waals surface area contributed by atoms with Crippen LogP contribution in [0.2, 0.25) is 5.02 Å². The normalized spacial score (nSPS) is 14.6. The molecule has 4 rings (SSSR count). The fraction of sp³-hybridized carbons (Fsp3) is 0.250. The van der Waals surface area contributed by atoms with Crippen molar-refractivity contribution < 1.29 is 4.79 Å². The topological polar surface area (TPSA) is 58.4 Å². The van der Waals surface area contributed by atoms with Crippen LogP contribution >= 0.6 is 11.6 Å². The number of anilines is 1. The molecule has 138 valence electrons. The van der Waals surface area contributed by atoms with Crippen LogP contribution in [-0.2, 0) is 11.3 Å². The smallest absolute Gasteiger partial charge is 0.261 e. The number of carbonyl (C=O) groups is 1. The minimum absolute atomic E-state index is 0.00423. The Hall–Kier alpha value is -2.86. The molecule has 3 aromatic rings. The first-order valence-electron chi connectivity index (χ1n) is 8.84. The number of carbonyl (C=O) groups excluding carboxylic acids is 1. The van der Waals surface area contributed by atoms with E-state index < -0.39 is 0 Å². The summed E-state index contributed by atoms with van der Waals surface area (Å²) in [6.45, 7) is 2.83. The summed E-state index contributed by atoms with van der Waals surface area (Å²) >= 11 is 5.94. The first-order chi connectivity index (χ1) is 13.1. The molecule has 1 amide bonds. The van der Waals surface area contributed by atoms with E-state index in [1.165, 1.54) is 16.6 Å². The highest BCUT2D eigenvalue weighted by Crippen LogP contribution is 2.16. The predicted octanol–water partition coefficient (Wildman–Crippen LogP) is 2.40. The monoisotopic (exact) mass is 382 g/mol. The summed E-state index contributed by atoms with van der Waals surface area (Å²) in [6.07, 6.45) is 1.42. The Morgan fingerprint density at radius 1 is 1.04 bits per heavy atom. The van der Waals surface area contributed by atoms with Crippen molar-refractivity contribution in [1.29, 1.82) is 0 Å². The van der Waals surface area contributed by atoms with Crippen molar-refractivity contribution >= 4 is 34.1 Å². The maximum Gasteiger partial charge on any atom is 0.261 e. The largest absolute Gasteiger partial charge is 0.368 e. The minimum atomic E-state index is -0.229. The fourth-order valence-electron chi connectivity index (χ4n) is 3.34. The molecule has 0 unspecified atom stereocenters. The zero-order valence-electron chi connectivity index (χ0n) is 14.7. The molecular weight excluding hydrogens is 364 g/mol. The quantitative estimate of drug-likeness (QED) is 0.698. The van der Waals surface area contributed by atoms with E-state index in [2.05, 4.69) is 22.0 Å². The average molecular weight is 383 g/mol. The van der Waals surface area contributed by atoms with Crippen molar-refractivity contribution in [2.75, 3.05) is 31.1 Å². The summed E-state index contributed by atoms with van der Waals surface area (Å²) in [7, 11) is 0. The molecule has 1 aromatic heterocycles. The highest BCUT2D eigenvalue weighted by Gasteiger charge is 2.22. The summed E-state index contributed by atoms with van der Waals surface area (Å²) < 4.78 is 1.36. The van der Waals surface area contributed by atoms with Crippen LogP contribution in [0, 0.1) is 0 Å². The number of fused-ring (bicyclic) bond motifs is 1. The molecule has 0 bridgehead atoms. The lowest BCUT2D eigenvalue weighted by Crippen LogP contribution is -2.50. The third kappa shape index (κ3) is 3.66. The zero-order valence-corrected chi connectivity index (χ0v) is 15.5. The van der Waals surface area contributed by atoms with Gasteiger partial charge in [0.2, 0.25) is 5.91 Å². The van der Waals surface area contributed by atoms with Crippen molar-refractivity contribution in [2.24, 2.45) is 0 Å². The number of amides is 1. The molecule has 0 radical (unpaired) electrons. The zero-order chi connectivity index (χ0) is 18.8. The van der Waals surface area contributed by atoms with Crippen molar-refractivity contribution in [3.05, 3.63) is 70.2 Å². The van der Waals surface area contributed by atoms with Crippen LogP contribution < -0.4 is 10.5 Å². The number of hydrogen-bond donors (Lipinski definition) is 0. The Labute approximate surface area is 161 Å². The second-order valence-corrected chi connectivity index (χ2v) is 6.98. The SMILES string of the molecule is O=C(Cn1cnc2cc(Cl)ccc2c1=O)N1CCN(c2ccccc2)CC1. The maximum atomic E-state index is 12.7.